The van der Waals surface area contributed by atoms with E-state index in [4.69, 9.17) is 0 Å². The van der Waals surface area contributed by atoms with Crippen molar-refractivity contribution in [1.29, 1.82) is 0 Å². The Labute approximate surface area is 167 Å². The molecule has 6 heteroatoms. The number of hydrogen-bond donors (Lipinski definition) is 1. The third-order valence-electron chi connectivity index (χ3n) is 4.83. The summed E-state index contributed by atoms with van der Waals surface area (Å²) in [7, 11) is -3.47. The summed E-state index contributed by atoms with van der Waals surface area (Å²) in [6, 6.07) is 14.2. The molecule has 28 heavy (non-hydrogen) atoms. The molecule has 0 saturated carbocycles. The van der Waals surface area contributed by atoms with Crippen LogP contribution in [-0.2, 0) is 14.8 Å². The maximum Gasteiger partial charge on any atom is 0.248 e. The first-order valence-electron chi connectivity index (χ1n) is 9.61. The van der Waals surface area contributed by atoms with Crippen molar-refractivity contribution in [3.8, 4) is 0 Å². The molecule has 0 aromatic heterocycles. The van der Waals surface area contributed by atoms with E-state index in [1.807, 2.05) is 31.2 Å². The largest absolute Gasteiger partial charge is 0.323 e. The van der Waals surface area contributed by atoms with Crippen LogP contribution in [0.4, 0.5) is 5.69 Å². The molecule has 1 heterocycles. The van der Waals surface area contributed by atoms with Crippen molar-refractivity contribution in [1.82, 2.24) is 4.31 Å². The van der Waals surface area contributed by atoms with Crippen LogP contribution in [0.25, 0.3) is 6.08 Å². The fourth-order valence-electron chi connectivity index (χ4n) is 3.17. The average molecular weight is 399 g/mol. The van der Waals surface area contributed by atoms with Gasteiger partial charge in [-0.05, 0) is 55.7 Å². The Hall–Kier alpha value is -2.44. The van der Waals surface area contributed by atoms with Gasteiger partial charge in [0.25, 0.3) is 0 Å². The van der Waals surface area contributed by atoms with Gasteiger partial charge in [-0.25, -0.2) is 8.42 Å². The molecule has 2 aromatic carbocycles. The molecule has 0 aliphatic carbocycles. The summed E-state index contributed by atoms with van der Waals surface area (Å²) in [5.74, 6) is -0.260. The second-order valence-electron chi connectivity index (χ2n) is 7.08. The second kappa shape index (κ2) is 9.17. The first-order chi connectivity index (χ1) is 13.4. The lowest BCUT2D eigenvalue weighted by Gasteiger charge is -2.20. The number of carbonyl (C=O) groups is 1. The van der Waals surface area contributed by atoms with Crippen LogP contribution < -0.4 is 5.32 Å². The number of sulfonamides is 1. The normalized spacial score (nSPS) is 16.0. The molecular formula is C22H26N2O3S. The van der Waals surface area contributed by atoms with Crippen molar-refractivity contribution in [2.75, 3.05) is 18.4 Å². The van der Waals surface area contributed by atoms with E-state index in [9.17, 15) is 13.2 Å². The molecule has 5 nitrogen and oxygen atoms in total. The second-order valence-corrected chi connectivity index (χ2v) is 9.01. The van der Waals surface area contributed by atoms with Crippen LogP contribution in [0.15, 0.2) is 59.5 Å². The van der Waals surface area contributed by atoms with Crippen LogP contribution >= 0.6 is 0 Å². The highest BCUT2D eigenvalue weighted by molar-refractivity contribution is 7.89. The van der Waals surface area contributed by atoms with Gasteiger partial charge in [-0.2, -0.15) is 4.31 Å². The maximum absolute atomic E-state index is 12.8. The summed E-state index contributed by atoms with van der Waals surface area (Å²) in [6.45, 7) is 3.16. The Morgan fingerprint density at radius 1 is 0.929 bits per heavy atom. The number of anilines is 1. The number of aryl methyl sites for hydroxylation is 1. The Balaban J connectivity index is 1.63. The minimum atomic E-state index is -3.47. The molecule has 3 rings (SSSR count). The van der Waals surface area contributed by atoms with Gasteiger partial charge < -0.3 is 5.32 Å². The van der Waals surface area contributed by atoms with Gasteiger partial charge in [0.1, 0.15) is 0 Å². The lowest BCUT2D eigenvalue weighted by atomic mass is 10.1. The zero-order valence-corrected chi connectivity index (χ0v) is 16.9. The van der Waals surface area contributed by atoms with Crippen molar-refractivity contribution < 1.29 is 13.2 Å². The molecule has 1 amide bonds. The molecule has 148 valence electrons. The molecule has 1 N–H and O–H groups in total. The molecule has 1 aliphatic rings. The molecule has 0 spiro atoms. The molecule has 2 aromatic rings. The average Bonchev–Trinajstić information content (AvgIpc) is 2.98. The summed E-state index contributed by atoms with van der Waals surface area (Å²) in [5, 5.41) is 2.76. The van der Waals surface area contributed by atoms with Gasteiger partial charge in [0.15, 0.2) is 0 Å². The van der Waals surface area contributed by atoms with Gasteiger partial charge >= 0.3 is 0 Å². The zero-order chi connectivity index (χ0) is 20.0. The lowest BCUT2D eigenvalue weighted by molar-refractivity contribution is -0.111. The summed E-state index contributed by atoms with van der Waals surface area (Å²) in [4.78, 5) is 12.4. The first-order valence-corrected chi connectivity index (χ1v) is 11.1. The van der Waals surface area contributed by atoms with Gasteiger partial charge in [0.2, 0.25) is 15.9 Å². The van der Waals surface area contributed by atoms with Crippen LogP contribution in [0.5, 0.6) is 0 Å². The SMILES string of the molecule is Cc1ccc(C=CC(=O)Nc2ccc(S(=O)(=O)N3CCCCCC3)cc2)cc1. The summed E-state index contributed by atoms with van der Waals surface area (Å²) < 4.78 is 27.1. The molecular weight excluding hydrogens is 372 g/mol. The highest BCUT2D eigenvalue weighted by atomic mass is 32.2. The monoisotopic (exact) mass is 398 g/mol. The Bertz CT molecular complexity index is 925. The molecule has 1 fully saturated rings. The van der Waals surface area contributed by atoms with Crippen LogP contribution in [0.3, 0.4) is 0 Å². The third-order valence-corrected chi connectivity index (χ3v) is 6.74. The predicted octanol–water partition coefficient (Wildman–Crippen LogP) is 4.21. The lowest BCUT2D eigenvalue weighted by Crippen LogP contribution is -2.31. The van der Waals surface area contributed by atoms with Crippen molar-refractivity contribution >= 4 is 27.7 Å². The van der Waals surface area contributed by atoms with E-state index >= 15 is 0 Å². The number of rotatable bonds is 5. The maximum atomic E-state index is 12.8. The number of hydrogen-bond acceptors (Lipinski definition) is 3. The van der Waals surface area contributed by atoms with Crippen molar-refractivity contribution in [3.63, 3.8) is 0 Å². The minimum absolute atomic E-state index is 0.260. The summed E-state index contributed by atoms with van der Waals surface area (Å²) in [5.41, 5.74) is 2.67. The van der Waals surface area contributed by atoms with E-state index in [1.54, 1.807) is 34.6 Å². The number of carbonyl (C=O) groups excluding carboxylic acids is 1. The van der Waals surface area contributed by atoms with Gasteiger partial charge in [-0.3, -0.25) is 4.79 Å². The first kappa shape index (κ1) is 20.3. The molecule has 0 bridgehead atoms. The smallest absolute Gasteiger partial charge is 0.248 e. The minimum Gasteiger partial charge on any atom is -0.323 e. The summed E-state index contributed by atoms with van der Waals surface area (Å²) in [6.07, 6.45) is 7.17. The van der Waals surface area contributed by atoms with Crippen molar-refractivity contribution in [3.05, 3.63) is 65.7 Å². The molecule has 0 atom stereocenters. The van der Waals surface area contributed by atoms with E-state index in [1.165, 1.54) is 6.08 Å². The van der Waals surface area contributed by atoms with E-state index in [-0.39, 0.29) is 10.8 Å². The van der Waals surface area contributed by atoms with Gasteiger partial charge in [-0.15, -0.1) is 0 Å². The van der Waals surface area contributed by atoms with E-state index in [0.29, 0.717) is 18.8 Å². The van der Waals surface area contributed by atoms with Crippen molar-refractivity contribution in [2.24, 2.45) is 0 Å². The molecule has 0 radical (unpaired) electrons. The van der Waals surface area contributed by atoms with Crippen LogP contribution in [0, 0.1) is 6.92 Å². The quantitative estimate of drug-likeness (QED) is 0.767. The predicted molar refractivity (Wildman–Crippen MR) is 113 cm³/mol. The molecule has 0 unspecified atom stereocenters. The van der Waals surface area contributed by atoms with Crippen LogP contribution in [0.2, 0.25) is 0 Å². The van der Waals surface area contributed by atoms with Gasteiger partial charge in [-0.1, -0.05) is 42.7 Å². The van der Waals surface area contributed by atoms with Crippen molar-refractivity contribution in [2.45, 2.75) is 37.5 Å². The zero-order valence-electron chi connectivity index (χ0n) is 16.1. The number of amides is 1. The Morgan fingerprint density at radius 3 is 2.14 bits per heavy atom. The Kier molecular flexibility index (Phi) is 6.65. The number of nitrogens with one attached hydrogen (secondary N) is 1. The van der Waals surface area contributed by atoms with Gasteiger partial charge in [0, 0.05) is 24.9 Å². The highest BCUT2D eigenvalue weighted by Gasteiger charge is 2.24. The fourth-order valence-corrected chi connectivity index (χ4v) is 4.69. The number of benzene rings is 2. The number of nitrogens with zero attached hydrogens (tertiary/aromatic N) is 1. The third kappa shape index (κ3) is 5.30. The fraction of sp³-hybridized carbons (Fsp3) is 0.318. The van der Waals surface area contributed by atoms with E-state index in [0.717, 1.165) is 36.8 Å². The van der Waals surface area contributed by atoms with E-state index < -0.39 is 10.0 Å². The van der Waals surface area contributed by atoms with Crippen LogP contribution in [-0.4, -0.2) is 31.7 Å². The highest BCUT2D eigenvalue weighted by Crippen LogP contribution is 2.21. The topological polar surface area (TPSA) is 66.5 Å². The van der Waals surface area contributed by atoms with E-state index in [2.05, 4.69) is 5.32 Å². The van der Waals surface area contributed by atoms with Gasteiger partial charge in [0.05, 0.1) is 4.90 Å². The molecule has 1 saturated heterocycles. The molecule has 1 aliphatic heterocycles. The van der Waals surface area contributed by atoms with Crippen LogP contribution in [0.1, 0.15) is 36.8 Å². The standard InChI is InChI=1S/C22H26N2O3S/c1-18-6-8-19(9-7-18)10-15-22(25)23-20-11-13-21(14-12-20)28(26,27)24-16-4-2-3-5-17-24/h6-15H,2-5,16-17H2,1H3,(H,23,25). The Morgan fingerprint density at radius 2 is 1.54 bits per heavy atom. The summed E-state index contributed by atoms with van der Waals surface area (Å²) >= 11 is 0.